The van der Waals surface area contributed by atoms with Crippen LogP contribution < -0.4 is 5.32 Å². The van der Waals surface area contributed by atoms with Gasteiger partial charge in [-0.15, -0.1) is 0 Å². The molecule has 75 valence electrons. The highest BCUT2D eigenvalue weighted by atomic mass is 16.5. The van der Waals surface area contributed by atoms with E-state index in [1.807, 2.05) is 0 Å². The van der Waals surface area contributed by atoms with Crippen LogP contribution in [0.25, 0.3) is 0 Å². The number of hydrogen-bond donors (Lipinski definition) is 1. The van der Waals surface area contributed by atoms with E-state index in [2.05, 4.69) is 10.2 Å². The third-order valence-corrected chi connectivity index (χ3v) is 1.98. The summed E-state index contributed by atoms with van der Waals surface area (Å²) in [5.74, 6) is -0.423. The molecule has 1 heterocycles. The number of hydrogen-bond acceptors (Lipinski definition) is 3. The van der Waals surface area contributed by atoms with Crippen molar-refractivity contribution in [2.24, 2.45) is 0 Å². The number of morpholine rings is 1. The summed E-state index contributed by atoms with van der Waals surface area (Å²) in [6.07, 6.45) is 0. The SMILES string of the molecule is [O]CC(=O)NCCN1CCOCC1. The molecule has 1 rings (SSSR count). The Morgan fingerprint density at radius 1 is 1.38 bits per heavy atom. The molecule has 1 aliphatic heterocycles. The highest BCUT2D eigenvalue weighted by Gasteiger charge is 2.09. The fourth-order valence-corrected chi connectivity index (χ4v) is 1.23. The molecule has 0 aromatic rings. The van der Waals surface area contributed by atoms with Crippen LogP contribution in [0.15, 0.2) is 0 Å². The summed E-state index contributed by atoms with van der Waals surface area (Å²) >= 11 is 0. The number of carbonyl (C=O) groups is 1. The van der Waals surface area contributed by atoms with Crippen molar-refractivity contribution in [3.05, 3.63) is 0 Å². The van der Waals surface area contributed by atoms with Gasteiger partial charge in [0.05, 0.1) is 13.2 Å². The lowest BCUT2D eigenvalue weighted by molar-refractivity contribution is -0.125. The highest BCUT2D eigenvalue weighted by molar-refractivity contribution is 5.76. The van der Waals surface area contributed by atoms with Gasteiger partial charge in [0, 0.05) is 26.2 Å². The maximum atomic E-state index is 10.6. The van der Waals surface area contributed by atoms with Crippen LogP contribution in [0.1, 0.15) is 0 Å². The molecule has 0 bridgehead atoms. The maximum absolute atomic E-state index is 10.6. The summed E-state index contributed by atoms with van der Waals surface area (Å²) in [5.41, 5.74) is 0. The van der Waals surface area contributed by atoms with Gasteiger partial charge in [-0.1, -0.05) is 0 Å². The number of amides is 1. The first-order chi connectivity index (χ1) is 6.33. The van der Waals surface area contributed by atoms with Crippen molar-refractivity contribution in [3.63, 3.8) is 0 Å². The van der Waals surface area contributed by atoms with Crippen LogP contribution in [0.5, 0.6) is 0 Å². The molecule has 5 heteroatoms. The Balaban J connectivity index is 2.01. The number of nitrogens with zero attached hydrogens (tertiary/aromatic N) is 1. The maximum Gasteiger partial charge on any atom is 0.249 e. The standard InChI is InChI=1S/C8H15N2O3/c11-7-8(12)9-1-2-10-3-5-13-6-4-10/h1-7H2,(H,9,12). The largest absolute Gasteiger partial charge is 0.379 e. The van der Waals surface area contributed by atoms with Crippen molar-refractivity contribution >= 4 is 5.91 Å². The number of carbonyl (C=O) groups excluding carboxylic acids is 1. The first-order valence-corrected chi connectivity index (χ1v) is 4.48. The lowest BCUT2D eigenvalue weighted by atomic mass is 10.4. The first kappa shape index (κ1) is 10.4. The molecule has 0 saturated carbocycles. The molecule has 0 aromatic carbocycles. The molecule has 1 N–H and O–H groups in total. The minimum atomic E-state index is -0.677. The van der Waals surface area contributed by atoms with Crippen LogP contribution in [-0.4, -0.2) is 56.8 Å². The molecule has 0 unspecified atom stereocenters. The second-order valence-electron chi connectivity index (χ2n) is 2.95. The quantitative estimate of drug-likeness (QED) is 0.605. The van der Waals surface area contributed by atoms with Crippen molar-refractivity contribution in [2.45, 2.75) is 0 Å². The van der Waals surface area contributed by atoms with Crippen molar-refractivity contribution in [2.75, 3.05) is 46.0 Å². The molecule has 0 aliphatic carbocycles. The summed E-state index contributed by atoms with van der Waals surface area (Å²) in [5, 5.41) is 12.6. The molecule has 1 saturated heterocycles. The molecular weight excluding hydrogens is 172 g/mol. The Morgan fingerprint density at radius 2 is 2.08 bits per heavy atom. The van der Waals surface area contributed by atoms with E-state index >= 15 is 0 Å². The summed E-state index contributed by atoms with van der Waals surface area (Å²) in [7, 11) is 0. The molecule has 13 heavy (non-hydrogen) atoms. The van der Waals surface area contributed by atoms with Gasteiger partial charge >= 0.3 is 0 Å². The second kappa shape index (κ2) is 5.90. The third-order valence-electron chi connectivity index (χ3n) is 1.98. The van der Waals surface area contributed by atoms with Crippen LogP contribution in [0.2, 0.25) is 0 Å². The molecular formula is C8H15N2O3. The van der Waals surface area contributed by atoms with Gasteiger partial charge in [-0.2, -0.15) is 0 Å². The summed E-state index contributed by atoms with van der Waals surface area (Å²) in [4.78, 5) is 12.8. The monoisotopic (exact) mass is 187 g/mol. The van der Waals surface area contributed by atoms with Crippen LogP contribution in [0, 0.1) is 0 Å². The predicted octanol–water partition coefficient (Wildman–Crippen LogP) is -1.13. The summed E-state index contributed by atoms with van der Waals surface area (Å²) in [6.45, 7) is 4.02. The number of ether oxygens (including phenoxy) is 1. The highest BCUT2D eigenvalue weighted by Crippen LogP contribution is 1.94. The zero-order valence-electron chi connectivity index (χ0n) is 7.62. The molecule has 1 amide bonds. The van der Waals surface area contributed by atoms with Crippen LogP contribution in [0.4, 0.5) is 0 Å². The van der Waals surface area contributed by atoms with E-state index in [0.29, 0.717) is 6.54 Å². The molecule has 0 atom stereocenters. The van der Waals surface area contributed by atoms with E-state index in [4.69, 9.17) is 4.74 Å². The van der Waals surface area contributed by atoms with Crippen molar-refractivity contribution in [1.82, 2.24) is 10.2 Å². The van der Waals surface area contributed by atoms with Crippen LogP contribution in [-0.2, 0) is 14.6 Å². The zero-order chi connectivity index (χ0) is 9.52. The van der Waals surface area contributed by atoms with E-state index in [1.165, 1.54) is 0 Å². The van der Waals surface area contributed by atoms with Crippen molar-refractivity contribution in [1.29, 1.82) is 0 Å². The molecule has 0 spiro atoms. The summed E-state index contributed by atoms with van der Waals surface area (Å²) in [6, 6.07) is 0. The average Bonchev–Trinajstić information content (AvgIpc) is 2.19. The van der Waals surface area contributed by atoms with Gasteiger partial charge in [0.15, 0.2) is 6.61 Å². The lowest BCUT2D eigenvalue weighted by Gasteiger charge is -2.26. The van der Waals surface area contributed by atoms with Gasteiger partial charge in [-0.25, -0.2) is 5.11 Å². The Bertz CT molecular complexity index is 157. The molecule has 5 nitrogen and oxygen atoms in total. The minimum Gasteiger partial charge on any atom is -0.379 e. The normalized spacial score (nSPS) is 18.5. The van der Waals surface area contributed by atoms with E-state index in [0.717, 1.165) is 32.8 Å². The lowest BCUT2D eigenvalue weighted by Crippen LogP contribution is -2.41. The Kier molecular flexibility index (Phi) is 4.74. The van der Waals surface area contributed by atoms with Crippen molar-refractivity contribution < 1.29 is 14.6 Å². The van der Waals surface area contributed by atoms with E-state index in [-0.39, 0.29) is 0 Å². The van der Waals surface area contributed by atoms with Crippen LogP contribution in [0.3, 0.4) is 0 Å². The van der Waals surface area contributed by atoms with Crippen molar-refractivity contribution in [3.8, 4) is 0 Å². The fraction of sp³-hybridized carbons (Fsp3) is 0.875. The molecule has 1 aliphatic rings. The zero-order valence-corrected chi connectivity index (χ0v) is 7.62. The van der Waals surface area contributed by atoms with E-state index in [9.17, 15) is 9.90 Å². The molecule has 1 fully saturated rings. The minimum absolute atomic E-state index is 0.423. The second-order valence-corrected chi connectivity index (χ2v) is 2.95. The van der Waals surface area contributed by atoms with Gasteiger partial charge < -0.3 is 10.1 Å². The Hall–Kier alpha value is -0.650. The number of rotatable bonds is 4. The van der Waals surface area contributed by atoms with E-state index in [1.54, 1.807) is 0 Å². The van der Waals surface area contributed by atoms with Gasteiger partial charge in [-0.3, -0.25) is 9.69 Å². The molecule has 0 aromatic heterocycles. The van der Waals surface area contributed by atoms with Gasteiger partial charge in [-0.05, 0) is 0 Å². The van der Waals surface area contributed by atoms with Crippen LogP contribution >= 0.6 is 0 Å². The van der Waals surface area contributed by atoms with Gasteiger partial charge in [0.2, 0.25) is 5.91 Å². The smallest absolute Gasteiger partial charge is 0.249 e. The Morgan fingerprint density at radius 3 is 2.69 bits per heavy atom. The Labute approximate surface area is 77.7 Å². The van der Waals surface area contributed by atoms with Gasteiger partial charge in [0.1, 0.15) is 0 Å². The predicted molar refractivity (Wildman–Crippen MR) is 45.8 cm³/mol. The third kappa shape index (κ3) is 4.21. The van der Waals surface area contributed by atoms with Gasteiger partial charge in [0.25, 0.3) is 0 Å². The topological polar surface area (TPSA) is 61.5 Å². The average molecular weight is 187 g/mol. The summed E-state index contributed by atoms with van der Waals surface area (Å²) < 4.78 is 5.17. The van der Waals surface area contributed by atoms with E-state index < -0.39 is 12.5 Å². The fourth-order valence-electron chi connectivity index (χ4n) is 1.23. The first-order valence-electron chi connectivity index (χ1n) is 4.48. The number of nitrogens with one attached hydrogen (secondary N) is 1. The molecule has 1 radical (unpaired) electrons.